The minimum atomic E-state index is -0.705. The number of rotatable bonds is 3. The molecule has 2 aromatic heterocycles. The topological polar surface area (TPSA) is 55.9 Å². The van der Waals surface area contributed by atoms with Crippen LogP contribution in [0, 0.1) is 0 Å². The average molecular weight is 220 g/mol. The molecule has 0 saturated carbocycles. The van der Waals surface area contributed by atoms with Gasteiger partial charge in [0.25, 0.3) is 0 Å². The predicted octanol–water partition coefficient (Wildman–Crippen LogP) is 0.798. The van der Waals surface area contributed by atoms with Gasteiger partial charge in [0.1, 0.15) is 11.9 Å². The zero-order valence-electron chi connectivity index (χ0n) is 9.75. The van der Waals surface area contributed by atoms with Gasteiger partial charge in [0.05, 0.1) is 5.69 Å². The van der Waals surface area contributed by atoms with Crippen molar-refractivity contribution in [2.45, 2.75) is 19.4 Å². The number of hydrogen-bond donors (Lipinski definition) is 1. The van der Waals surface area contributed by atoms with Gasteiger partial charge in [-0.25, -0.2) is 4.98 Å². The normalized spacial score (nSPS) is 13.0. The second kappa shape index (κ2) is 4.09. The Morgan fingerprint density at radius 2 is 2.19 bits per heavy atom. The third-order valence-electron chi connectivity index (χ3n) is 2.67. The fraction of sp³-hybridized carbons (Fsp3) is 0.455. The number of nitrogens with zero attached hydrogens (tertiary/aromatic N) is 4. The molecule has 0 aromatic carbocycles. The molecule has 0 bridgehead atoms. The van der Waals surface area contributed by atoms with E-state index in [9.17, 15) is 5.11 Å². The van der Waals surface area contributed by atoms with Crippen molar-refractivity contribution in [1.29, 1.82) is 0 Å². The van der Waals surface area contributed by atoms with Gasteiger partial charge in [-0.1, -0.05) is 6.92 Å². The van der Waals surface area contributed by atoms with Crippen LogP contribution in [0.25, 0.3) is 0 Å². The summed E-state index contributed by atoms with van der Waals surface area (Å²) in [6.07, 6.45) is 5.44. The Bertz CT molecular complexity index is 486. The van der Waals surface area contributed by atoms with Crippen LogP contribution in [0.3, 0.4) is 0 Å². The van der Waals surface area contributed by atoms with Crippen LogP contribution in [0.15, 0.2) is 18.6 Å². The van der Waals surface area contributed by atoms with Crippen molar-refractivity contribution < 1.29 is 5.11 Å². The van der Waals surface area contributed by atoms with E-state index >= 15 is 0 Å². The van der Waals surface area contributed by atoms with Crippen LogP contribution in [-0.2, 0) is 20.5 Å². The summed E-state index contributed by atoms with van der Waals surface area (Å²) >= 11 is 0. The third kappa shape index (κ3) is 1.74. The molecular formula is C11H16N4O. The first-order valence-electron chi connectivity index (χ1n) is 5.31. The second-order valence-corrected chi connectivity index (χ2v) is 3.86. The van der Waals surface area contributed by atoms with Gasteiger partial charge in [0.15, 0.2) is 0 Å². The number of aliphatic hydroxyl groups excluding tert-OH is 1. The van der Waals surface area contributed by atoms with E-state index in [0.717, 1.165) is 17.7 Å². The zero-order valence-corrected chi connectivity index (χ0v) is 9.75. The van der Waals surface area contributed by atoms with E-state index in [4.69, 9.17) is 0 Å². The monoisotopic (exact) mass is 220 g/mol. The first kappa shape index (κ1) is 10.9. The van der Waals surface area contributed by atoms with Gasteiger partial charge < -0.3 is 9.67 Å². The molecular weight excluding hydrogens is 204 g/mol. The molecule has 0 aliphatic heterocycles. The van der Waals surface area contributed by atoms with Gasteiger partial charge in [-0.3, -0.25) is 4.68 Å². The van der Waals surface area contributed by atoms with Gasteiger partial charge in [-0.2, -0.15) is 5.10 Å². The lowest BCUT2D eigenvalue weighted by Gasteiger charge is -2.09. The molecule has 0 spiro atoms. The molecule has 0 aliphatic rings. The van der Waals surface area contributed by atoms with Gasteiger partial charge in [-0.05, 0) is 6.42 Å². The van der Waals surface area contributed by atoms with Gasteiger partial charge in [0, 0.05) is 38.2 Å². The summed E-state index contributed by atoms with van der Waals surface area (Å²) in [6, 6.07) is 0. The Hall–Kier alpha value is -1.62. The first-order chi connectivity index (χ1) is 7.63. The molecule has 1 unspecified atom stereocenters. The molecule has 2 rings (SSSR count). The predicted molar refractivity (Wildman–Crippen MR) is 59.9 cm³/mol. The minimum absolute atomic E-state index is 0.641. The van der Waals surface area contributed by atoms with Gasteiger partial charge in [0.2, 0.25) is 0 Å². The van der Waals surface area contributed by atoms with E-state index in [1.807, 2.05) is 38.0 Å². The lowest BCUT2D eigenvalue weighted by atomic mass is 10.1. The Kier molecular flexibility index (Phi) is 2.78. The highest BCUT2D eigenvalue weighted by atomic mass is 16.3. The van der Waals surface area contributed by atoms with Crippen molar-refractivity contribution in [3.63, 3.8) is 0 Å². The fourth-order valence-electron chi connectivity index (χ4n) is 1.84. The highest BCUT2D eigenvalue weighted by molar-refractivity contribution is 5.25. The molecule has 2 heterocycles. The van der Waals surface area contributed by atoms with Gasteiger partial charge in [-0.15, -0.1) is 0 Å². The highest BCUT2D eigenvalue weighted by Crippen LogP contribution is 2.22. The number of aryl methyl sites for hydroxylation is 3. The van der Waals surface area contributed by atoms with Gasteiger partial charge >= 0.3 is 0 Å². The van der Waals surface area contributed by atoms with E-state index in [1.54, 1.807) is 10.9 Å². The van der Waals surface area contributed by atoms with Crippen LogP contribution in [0.1, 0.15) is 30.1 Å². The maximum Gasteiger partial charge on any atom is 0.142 e. The first-order valence-corrected chi connectivity index (χ1v) is 5.31. The van der Waals surface area contributed by atoms with Crippen molar-refractivity contribution in [3.8, 4) is 0 Å². The Morgan fingerprint density at radius 3 is 2.75 bits per heavy atom. The number of hydrogen-bond acceptors (Lipinski definition) is 3. The van der Waals surface area contributed by atoms with Crippen molar-refractivity contribution in [1.82, 2.24) is 19.3 Å². The number of imidazole rings is 1. The summed E-state index contributed by atoms with van der Waals surface area (Å²) in [5, 5.41) is 14.6. The van der Waals surface area contributed by atoms with Crippen molar-refractivity contribution in [2.24, 2.45) is 14.1 Å². The van der Waals surface area contributed by atoms with Crippen LogP contribution in [-0.4, -0.2) is 24.4 Å². The minimum Gasteiger partial charge on any atom is -0.380 e. The molecule has 2 aromatic rings. The van der Waals surface area contributed by atoms with E-state index in [1.165, 1.54) is 0 Å². The highest BCUT2D eigenvalue weighted by Gasteiger charge is 2.20. The molecule has 86 valence electrons. The summed E-state index contributed by atoms with van der Waals surface area (Å²) in [5.74, 6) is 0.641. The molecule has 0 amide bonds. The summed E-state index contributed by atoms with van der Waals surface area (Å²) in [7, 11) is 3.72. The standard InChI is InChI=1S/C11H16N4O/c1-4-9-8(7-15(3)13-9)10(16)11-12-5-6-14(11)2/h5-7,10,16H,4H2,1-3H3. The molecule has 1 N–H and O–H groups in total. The molecule has 0 aliphatic carbocycles. The van der Waals surface area contributed by atoms with Crippen LogP contribution >= 0.6 is 0 Å². The molecule has 16 heavy (non-hydrogen) atoms. The van der Waals surface area contributed by atoms with Crippen LogP contribution in [0.5, 0.6) is 0 Å². The quantitative estimate of drug-likeness (QED) is 0.832. The largest absolute Gasteiger partial charge is 0.380 e. The van der Waals surface area contributed by atoms with Crippen molar-refractivity contribution in [3.05, 3.63) is 35.7 Å². The van der Waals surface area contributed by atoms with Crippen molar-refractivity contribution in [2.75, 3.05) is 0 Å². The summed E-state index contributed by atoms with van der Waals surface area (Å²) < 4.78 is 3.54. The smallest absolute Gasteiger partial charge is 0.142 e. The SMILES string of the molecule is CCc1nn(C)cc1C(O)c1nccn1C. The molecule has 0 fully saturated rings. The van der Waals surface area contributed by atoms with Crippen molar-refractivity contribution >= 4 is 0 Å². The van der Waals surface area contributed by atoms with E-state index in [0.29, 0.717) is 5.82 Å². The third-order valence-corrected chi connectivity index (χ3v) is 2.67. The van der Waals surface area contributed by atoms with Crippen LogP contribution < -0.4 is 0 Å². The lowest BCUT2D eigenvalue weighted by Crippen LogP contribution is -2.08. The fourth-order valence-corrected chi connectivity index (χ4v) is 1.84. The molecule has 5 nitrogen and oxygen atoms in total. The maximum atomic E-state index is 10.3. The number of aliphatic hydroxyl groups is 1. The summed E-state index contributed by atoms with van der Waals surface area (Å²) in [4.78, 5) is 4.15. The Labute approximate surface area is 94.4 Å². The van der Waals surface area contributed by atoms with E-state index < -0.39 is 6.10 Å². The molecule has 1 atom stereocenters. The lowest BCUT2D eigenvalue weighted by molar-refractivity contribution is 0.205. The number of aromatic nitrogens is 4. The summed E-state index contributed by atoms with van der Waals surface area (Å²) in [5.41, 5.74) is 1.75. The average Bonchev–Trinajstić information content (AvgIpc) is 2.83. The molecule has 0 radical (unpaired) electrons. The maximum absolute atomic E-state index is 10.3. The Balaban J connectivity index is 2.40. The van der Waals surface area contributed by atoms with Crippen LogP contribution in [0.4, 0.5) is 0 Å². The second-order valence-electron chi connectivity index (χ2n) is 3.86. The molecule has 0 saturated heterocycles. The summed E-state index contributed by atoms with van der Waals surface area (Å²) in [6.45, 7) is 2.02. The molecule has 5 heteroatoms. The van der Waals surface area contributed by atoms with Crippen LogP contribution in [0.2, 0.25) is 0 Å². The Morgan fingerprint density at radius 1 is 1.44 bits per heavy atom. The van der Waals surface area contributed by atoms with E-state index in [2.05, 4.69) is 10.1 Å². The van der Waals surface area contributed by atoms with E-state index in [-0.39, 0.29) is 0 Å². The zero-order chi connectivity index (χ0) is 11.7.